The highest BCUT2D eigenvalue weighted by Gasteiger charge is 2.22. The topological polar surface area (TPSA) is 51.1 Å². The van der Waals surface area contributed by atoms with Crippen molar-refractivity contribution in [1.29, 1.82) is 0 Å². The largest absolute Gasteiger partial charge is 0.497 e. The zero-order valence-electron chi connectivity index (χ0n) is 13.7. The molecule has 0 amide bonds. The van der Waals surface area contributed by atoms with E-state index >= 15 is 0 Å². The predicted molar refractivity (Wildman–Crippen MR) is 96.2 cm³/mol. The van der Waals surface area contributed by atoms with Gasteiger partial charge in [-0.15, -0.1) is 0 Å². The number of anilines is 1. The highest BCUT2D eigenvalue weighted by Crippen LogP contribution is 2.23. The third-order valence-electron chi connectivity index (χ3n) is 4.00. The van der Waals surface area contributed by atoms with Gasteiger partial charge in [-0.3, -0.25) is 4.68 Å². The van der Waals surface area contributed by atoms with Gasteiger partial charge in [0.15, 0.2) is 5.11 Å². The normalized spacial score (nSPS) is 13.7. The Morgan fingerprint density at radius 1 is 1.39 bits per heavy atom. The molecule has 0 radical (unpaired) electrons. The van der Waals surface area contributed by atoms with Crippen molar-refractivity contribution >= 4 is 23.0 Å². The van der Waals surface area contributed by atoms with E-state index in [2.05, 4.69) is 28.7 Å². The molecule has 1 saturated carbocycles. The molecule has 1 aromatic heterocycles. The summed E-state index contributed by atoms with van der Waals surface area (Å²) in [6.45, 7) is 4.76. The molecule has 1 aliphatic carbocycles. The van der Waals surface area contributed by atoms with E-state index in [0.29, 0.717) is 17.7 Å². The van der Waals surface area contributed by atoms with Gasteiger partial charge in [-0.05, 0) is 56.6 Å². The summed E-state index contributed by atoms with van der Waals surface area (Å²) in [6.07, 6.45) is 2.41. The second-order valence-electron chi connectivity index (χ2n) is 5.93. The van der Waals surface area contributed by atoms with Crippen molar-refractivity contribution in [2.24, 2.45) is 0 Å². The molecule has 1 fully saturated rings. The molecule has 0 aliphatic heterocycles. The number of nitrogens with zero attached hydrogens (tertiary/aromatic N) is 2. The summed E-state index contributed by atoms with van der Waals surface area (Å²) in [5, 5.41) is 11.9. The molecule has 2 N–H and O–H groups in total. The van der Waals surface area contributed by atoms with Gasteiger partial charge in [-0.1, -0.05) is 12.1 Å². The van der Waals surface area contributed by atoms with Crippen LogP contribution in [0.5, 0.6) is 5.75 Å². The summed E-state index contributed by atoms with van der Waals surface area (Å²) >= 11 is 5.37. The maximum Gasteiger partial charge on any atom is 0.171 e. The standard InChI is InChI=1S/C17H22N4OS/c1-11-16(19-17(23)18-14-7-8-14)12(2)21(20-11)10-13-5-4-6-15(9-13)22-3/h4-6,9,14H,7-8,10H2,1-3H3,(H2,18,19,23). The second kappa shape index (κ2) is 6.58. The Kier molecular flexibility index (Phi) is 4.52. The lowest BCUT2D eigenvalue weighted by molar-refractivity contribution is 0.414. The summed E-state index contributed by atoms with van der Waals surface area (Å²) in [6, 6.07) is 8.59. The minimum Gasteiger partial charge on any atom is -0.497 e. The number of aryl methyl sites for hydroxylation is 1. The van der Waals surface area contributed by atoms with Gasteiger partial charge in [-0.25, -0.2) is 0 Å². The molecule has 0 saturated heterocycles. The van der Waals surface area contributed by atoms with E-state index in [1.807, 2.05) is 29.8 Å². The van der Waals surface area contributed by atoms with E-state index in [0.717, 1.165) is 28.4 Å². The van der Waals surface area contributed by atoms with Crippen LogP contribution in [0.15, 0.2) is 24.3 Å². The Morgan fingerprint density at radius 3 is 2.87 bits per heavy atom. The first-order valence-corrected chi connectivity index (χ1v) is 8.22. The van der Waals surface area contributed by atoms with Crippen LogP contribution < -0.4 is 15.4 Å². The molecule has 0 unspecified atom stereocenters. The lowest BCUT2D eigenvalue weighted by Crippen LogP contribution is -2.30. The Hall–Kier alpha value is -2.08. The van der Waals surface area contributed by atoms with E-state index in [-0.39, 0.29) is 0 Å². The van der Waals surface area contributed by atoms with E-state index in [9.17, 15) is 0 Å². The van der Waals surface area contributed by atoms with Crippen molar-refractivity contribution in [2.45, 2.75) is 39.3 Å². The number of thiocarbonyl (C=S) groups is 1. The summed E-state index contributed by atoms with van der Waals surface area (Å²) in [5.41, 5.74) is 4.17. The Bertz CT molecular complexity index is 721. The number of methoxy groups -OCH3 is 1. The fourth-order valence-corrected chi connectivity index (χ4v) is 2.81. The van der Waals surface area contributed by atoms with Crippen molar-refractivity contribution in [1.82, 2.24) is 15.1 Å². The van der Waals surface area contributed by atoms with Crippen LogP contribution >= 0.6 is 12.2 Å². The van der Waals surface area contributed by atoms with Crippen LogP contribution in [0.3, 0.4) is 0 Å². The molecule has 0 spiro atoms. The molecule has 1 aliphatic rings. The summed E-state index contributed by atoms with van der Waals surface area (Å²) in [4.78, 5) is 0. The molecule has 0 bridgehead atoms. The molecule has 2 aromatic rings. The van der Waals surface area contributed by atoms with Gasteiger partial charge in [0.05, 0.1) is 30.7 Å². The molecule has 0 atom stereocenters. The molecule has 23 heavy (non-hydrogen) atoms. The zero-order chi connectivity index (χ0) is 16.4. The average Bonchev–Trinajstić information content (AvgIpc) is 3.31. The lowest BCUT2D eigenvalue weighted by Gasteiger charge is -2.10. The number of hydrogen-bond donors (Lipinski definition) is 2. The monoisotopic (exact) mass is 330 g/mol. The van der Waals surface area contributed by atoms with Crippen LogP contribution in [-0.2, 0) is 6.54 Å². The number of ether oxygens (including phenoxy) is 1. The molecule has 3 rings (SSSR count). The molecular formula is C17H22N4OS. The minimum absolute atomic E-state index is 0.544. The van der Waals surface area contributed by atoms with Gasteiger partial charge in [-0.2, -0.15) is 5.10 Å². The van der Waals surface area contributed by atoms with Gasteiger partial charge in [0, 0.05) is 6.04 Å². The molecule has 5 nitrogen and oxygen atoms in total. The zero-order valence-corrected chi connectivity index (χ0v) is 14.5. The van der Waals surface area contributed by atoms with Crippen molar-refractivity contribution in [2.75, 3.05) is 12.4 Å². The van der Waals surface area contributed by atoms with Crippen LogP contribution in [-0.4, -0.2) is 28.0 Å². The quantitative estimate of drug-likeness (QED) is 0.826. The molecule has 6 heteroatoms. The van der Waals surface area contributed by atoms with Gasteiger partial charge >= 0.3 is 0 Å². The highest BCUT2D eigenvalue weighted by molar-refractivity contribution is 7.80. The maximum atomic E-state index is 5.37. The van der Waals surface area contributed by atoms with E-state index in [4.69, 9.17) is 17.0 Å². The Balaban J connectivity index is 1.75. The van der Waals surface area contributed by atoms with Crippen molar-refractivity contribution in [3.63, 3.8) is 0 Å². The van der Waals surface area contributed by atoms with Gasteiger partial charge in [0.25, 0.3) is 0 Å². The SMILES string of the molecule is COc1cccc(Cn2nc(C)c(NC(=S)NC3CC3)c2C)c1. The first-order valence-electron chi connectivity index (χ1n) is 7.81. The van der Waals surface area contributed by atoms with E-state index in [1.165, 1.54) is 12.8 Å². The van der Waals surface area contributed by atoms with Crippen molar-refractivity contribution in [3.8, 4) is 5.75 Å². The number of aromatic nitrogens is 2. The van der Waals surface area contributed by atoms with Crippen LogP contribution in [0.25, 0.3) is 0 Å². The van der Waals surface area contributed by atoms with Crippen LogP contribution in [0.1, 0.15) is 29.8 Å². The molecule has 122 valence electrons. The summed E-state index contributed by atoms with van der Waals surface area (Å²) < 4.78 is 7.27. The predicted octanol–water partition coefficient (Wildman–Crippen LogP) is 3.01. The number of rotatable bonds is 5. The fourth-order valence-electron chi connectivity index (χ4n) is 2.54. The Labute approximate surface area is 142 Å². The fraction of sp³-hybridized carbons (Fsp3) is 0.412. The first-order chi connectivity index (χ1) is 11.1. The van der Waals surface area contributed by atoms with E-state index in [1.54, 1.807) is 7.11 Å². The van der Waals surface area contributed by atoms with Crippen molar-refractivity contribution in [3.05, 3.63) is 41.2 Å². The van der Waals surface area contributed by atoms with Gasteiger partial charge in [0.2, 0.25) is 0 Å². The molecule has 1 heterocycles. The number of benzene rings is 1. The van der Waals surface area contributed by atoms with Crippen LogP contribution in [0.4, 0.5) is 5.69 Å². The van der Waals surface area contributed by atoms with Crippen LogP contribution in [0.2, 0.25) is 0 Å². The third kappa shape index (κ3) is 3.82. The summed E-state index contributed by atoms with van der Waals surface area (Å²) in [7, 11) is 1.68. The second-order valence-corrected chi connectivity index (χ2v) is 6.34. The number of nitrogens with one attached hydrogen (secondary N) is 2. The van der Waals surface area contributed by atoms with Crippen LogP contribution in [0, 0.1) is 13.8 Å². The summed E-state index contributed by atoms with van der Waals surface area (Å²) in [5.74, 6) is 0.859. The van der Waals surface area contributed by atoms with Gasteiger partial charge < -0.3 is 15.4 Å². The smallest absolute Gasteiger partial charge is 0.171 e. The average molecular weight is 330 g/mol. The van der Waals surface area contributed by atoms with Crippen molar-refractivity contribution < 1.29 is 4.74 Å². The number of hydrogen-bond acceptors (Lipinski definition) is 3. The third-order valence-corrected chi connectivity index (χ3v) is 4.22. The molecular weight excluding hydrogens is 308 g/mol. The van der Waals surface area contributed by atoms with Gasteiger partial charge in [0.1, 0.15) is 5.75 Å². The first kappa shape index (κ1) is 15.8. The molecule has 1 aromatic carbocycles. The Morgan fingerprint density at radius 2 is 2.17 bits per heavy atom. The maximum absolute atomic E-state index is 5.37. The van der Waals surface area contributed by atoms with E-state index < -0.39 is 0 Å². The lowest BCUT2D eigenvalue weighted by atomic mass is 10.2. The minimum atomic E-state index is 0.544. The highest BCUT2D eigenvalue weighted by atomic mass is 32.1.